The summed E-state index contributed by atoms with van der Waals surface area (Å²) < 4.78 is 23.5. The van der Waals surface area contributed by atoms with E-state index >= 15 is 0 Å². The number of nitrogens with zero attached hydrogens (tertiary/aromatic N) is 1. The number of hydrogen-bond donors (Lipinski definition) is 0. The molecule has 0 N–H and O–H groups in total. The Morgan fingerprint density at radius 3 is 2.62 bits per heavy atom. The number of anilines is 1. The summed E-state index contributed by atoms with van der Waals surface area (Å²) in [4.78, 5) is 15.0. The Balaban J connectivity index is 2.03. The molecule has 0 fully saturated rings. The van der Waals surface area contributed by atoms with E-state index in [1.165, 1.54) is 17.7 Å². The summed E-state index contributed by atoms with van der Waals surface area (Å²) in [5.74, 6) is 0.253. The number of rotatable bonds is 2. The largest absolute Gasteiger partial charge is 0.308 e. The van der Waals surface area contributed by atoms with Crippen LogP contribution in [0.25, 0.3) is 0 Å². The van der Waals surface area contributed by atoms with Gasteiger partial charge in [-0.05, 0) is 48.6 Å². The molecule has 0 radical (unpaired) electrons. The van der Waals surface area contributed by atoms with E-state index in [-0.39, 0.29) is 10.8 Å². The first kappa shape index (κ1) is 16.7. The Labute approximate surface area is 143 Å². The average Bonchev–Trinajstić information content (AvgIpc) is 2.73. The van der Waals surface area contributed by atoms with Gasteiger partial charge in [-0.2, -0.15) is 0 Å². The summed E-state index contributed by atoms with van der Waals surface area (Å²) in [7, 11) is -3.34. The topological polar surface area (TPSA) is 54.5 Å². The zero-order chi connectivity index (χ0) is 17.3. The van der Waals surface area contributed by atoms with Crippen molar-refractivity contribution in [2.45, 2.75) is 30.6 Å². The van der Waals surface area contributed by atoms with Gasteiger partial charge in [0.2, 0.25) is 0 Å². The summed E-state index contributed by atoms with van der Waals surface area (Å²) in [5, 5.41) is 0. The number of sulfone groups is 1. The van der Waals surface area contributed by atoms with Crippen LogP contribution < -0.4 is 4.90 Å². The highest BCUT2D eigenvalue weighted by Gasteiger charge is 2.25. The molecule has 3 rings (SSSR count). The molecule has 2 aromatic rings. The maximum Gasteiger partial charge on any atom is 0.258 e. The highest BCUT2D eigenvalue weighted by Crippen LogP contribution is 2.34. The molecule has 0 saturated heterocycles. The smallest absolute Gasteiger partial charge is 0.258 e. The van der Waals surface area contributed by atoms with E-state index in [0.717, 1.165) is 24.8 Å². The molecule has 4 nitrogen and oxygen atoms in total. The van der Waals surface area contributed by atoms with Gasteiger partial charge in [0.1, 0.15) is 0 Å². The van der Waals surface area contributed by atoms with Gasteiger partial charge in [-0.1, -0.05) is 31.2 Å². The summed E-state index contributed by atoms with van der Waals surface area (Å²) in [6.07, 6.45) is 3.11. The number of para-hydroxylation sites is 1. The molecular formula is C19H21NO3S. The minimum absolute atomic E-state index is 0.151. The van der Waals surface area contributed by atoms with Crippen molar-refractivity contribution in [3.8, 4) is 0 Å². The molecule has 1 amide bonds. The first-order valence-corrected chi connectivity index (χ1v) is 9.98. The molecule has 1 heterocycles. The van der Waals surface area contributed by atoms with Crippen LogP contribution in [0, 0.1) is 0 Å². The summed E-state index contributed by atoms with van der Waals surface area (Å²) in [6.45, 7) is 2.82. The Hall–Kier alpha value is -2.14. The molecule has 1 aliphatic heterocycles. The molecular weight excluding hydrogens is 322 g/mol. The fourth-order valence-electron chi connectivity index (χ4n) is 3.21. The molecule has 0 saturated carbocycles. The van der Waals surface area contributed by atoms with Crippen molar-refractivity contribution in [2.24, 2.45) is 0 Å². The molecule has 1 aliphatic rings. The summed E-state index contributed by atoms with van der Waals surface area (Å²) in [6, 6.07) is 14.2. The van der Waals surface area contributed by atoms with Gasteiger partial charge in [-0.25, -0.2) is 8.42 Å². The zero-order valence-electron chi connectivity index (χ0n) is 13.9. The van der Waals surface area contributed by atoms with Gasteiger partial charge in [0.15, 0.2) is 9.84 Å². The SMILES string of the molecule is C[C@H]1CCCN(C(=O)c2cccc(S(C)(=O)=O)c2)c2ccccc21. The molecule has 0 aliphatic carbocycles. The first-order valence-electron chi connectivity index (χ1n) is 8.09. The van der Waals surface area contributed by atoms with Gasteiger partial charge in [-0.3, -0.25) is 4.79 Å². The second-order valence-corrected chi connectivity index (χ2v) is 8.37. The highest BCUT2D eigenvalue weighted by atomic mass is 32.2. The van der Waals surface area contributed by atoms with E-state index in [9.17, 15) is 13.2 Å². The summed E-state index contributed by atoms with van der Waals surface area (Å²) >= 11 is 0. The van der Waals surface area contributed by atoms with E-state index in [1.807, 2.05) is 18.2 Å². The van der Waals surface area contributed by atoms with Crippen molar-refractivity contribution in [1.29, 1.82) is 0 Å². The third-order valence-electron chi connectivity index (χ3n) is 4.53. The molecule has 0 aromatic heterocycles. The maximum atomic E-state index is 13.0. The summed E-state index contributed by atoms with van der Waals surface area (Å²) in [5.41, 5.74) is 2.50. The van der Waals surface area contributed by atoms with Crippen LogP contribution in [0.2, 0.25) is 0 Å². The fraction of sp³-hybridized carbons (Fsp3) is 0.316. The lowest BCUT2D eigenvalue weighted by Crippen LogP contribution is -2.31. The second-order valence-electron chi connectivity index (χ2n) is 6.36. The number of hydrogen-bond acceptors (Lipinski definition) is 3. The van der Waals surface area contributed by atoms with Crippen LogP contribution in [-0.2, 0) is 9.84 Å². The van der Waals surface area contributed by atoms with Crippen LogP contribution in [0.15, 0.2) is 53.4 Å². The normalized spacial score (nSPS) is 17.9. The minimum Gasteiger partial charge on any atom is -0.308 e. The zero-order valence-corrected chi connectivity index (χ0v) is 14.7. The van der Waals surface area contributed by atoms with Gasteiger partial charge in [0, 0.05) is 24.1 Å². The average molecular weight is 343 g/mol. The third-order valence-corrected chi connectivity index (χ3v) is 5.64. The lowest BCUT2D eigenvalue weighted by molar-refractivity contribution is 0.0986. The van der Waals surface area contributed by atoms with Gasteiger partial charge in [0.05, 0.1) is 4.90 Å². The third kappa shape index (κ3) is 3.22. The van der Waals surface area contributed by atoms with E-state index < -0.39 is 9.84 Å². The van der Waals surface area contributed by atoms with E-state index in [4.69, 9.17) is 0 Å². The molecule has 24 heavy (non-hydrogen) atoms. The van der Waals surface area contributed by atoms with Crippen molar-refractivity contribution in [3.05, 3.63) is 59.7 Å². The van der Waals surface area contributed by atoms with Crippen LogP contribution in [0.5, 0.6) is 0 Å². The molecule has 0 spiro atoms. The quantitative estimate of drug-likeness (QED) is 0.836. The molecule has 2 aromatic carbocycles. The monoisotopic (exact) mass is 343 g/mol. The maximum absolute atomic E-state index is 13.0. The van der Waals surface area contributed by atoms with Crippen molar-refractivity contribution in [1.82, 2.24) is 0 Å². The molecule has 5 heteroatoms. The Morgan fingerprint density at radius 2 is 1.88 bits per heavy atom. The number of amides is 1. The Morgan fingerprint density at radius 1 is 1.12 bits per heavy atom. The molecule has 0 unspecified atom stereocenters. The number of fused-ring (bicyclic) bond motifs is 1. The van der Waals surface area contributed by atoms with Crippen molar-refractivity contribution >= 4 is 21.4 Å². The van der Waals surface area contributed by atoms with Crippen molar-refractivity contribution < 1.29 is 13.2 Å². The molecule has 126 valence electrons. The van der Waals surface area contributed by atoms with Gasteiger partial charge < -0.3 is 4.90 Å². The standard InChI is InChI=1S/C19H21NO3S/c1-14-7-6-12-20(18-11-4-3-10-17(14)18)19(21)15-8-5-9-16(13-15)24(2,22)23/h3-5,8-11,13-14H,6-7,12H2,1-2H3/t14-/m0/s1. The molecule has 0 bridgehead atoms. The van der Waals surface area contributed by atoms with Crippen LogP contribution >= 0.6 is 0 Å². The van der Waals surface area contributed by atoms with Crippen LogP contribution in [0.4, 0.5) is 5.69 Å². The van der Waals surface area contributed by atoms with Crippen LogP contribution in [0.1, 0.15) is 41.6 Å². The second kappa shape index (κ2) is 6.40. The fourth-order valence-corrected chi connectivity index (χ4v) is 3.87. The lowest BCUT2D eigenvalue weighted by atomic mass is 9.96. The van der Waals surface area contributed by atoms with Crippen LogP contribution in [0.3, 0.4) is 0 Å². The Kier molecular flexibility index (Phi) is 4.45. The van der Waals surface area contributed by atoms with E-state index in [0.29, 0.717) is 18.0 Å². The predicted octanol–water partition coefficient (Wildman–Crippen LogP) is 3.63. The predicted molar refractivity (Wildman–Crippen MR) is 95.3 cm³/mol. The van der Waals surface area contributed by atoms with Crippen molar-refractivity contribution in [3.63, 3.8) is 0 Å². The van der Waals surface area contributed by atoms with E-state index in [2.05, 4.69) is 13.0 Å². The highest BCUT2D eigenvalue weighted by molar-refractivity contribution is 7.90. The number of carbonyl (C=O) groups is 1. The Bertz CT molecular complexity index is 874. The minimum atomic E-state index is -3.34. The number of benzene rings is 2. The van der Waals surface area contributed by atoms with Crippen LogP contribution in [-0.4, -0.2) is 27.1 Å². The van der Waals surface area contributed by atoms with E-state index in [1.54, 1.807) is 17.0 Å². The van der Waals surface area contributed by atoms with Gasteiger partial charge in [-0.15, -0.1) is 0 Å². The first-order chi connectivity index (χ1) is 11.4. The van der Waals surface area contributed by atoms with Crippen molar-refractivity contribution in [2.75, 3.05) is 17.7 Å². The number of carbonyl (C=O) groups excluding carboxylic acids is 1. The van der Waals surface area contributed by atoms with Gasteiger partial charge in [0.25, 0.3) is 5.91 Å². The van der Waals surface area contributed by atoms with Gasteiger partial charge >= 0.3 is 0 Å². The lowest BCUT2D eigenvalue weighted by Gasteiger charge is -2.23. The molecule has 1 atom stereocenters.